The van der Waals surface area contributed by atoms with E-state index < -0.39 is 0 Å². The molecule has 1 saturated heterocycles. The summed E-state index contributed by atoms with van der Waals surface area (Å²) < 4.78 is 13.1. The van der Waals surface area contributed by atoms with Gasteiger partial charge in [-0.25, -0.2) is 4.68 Å². The number of carbonyl (C=O) groups excluding carboxylic acids is 1. The lowest BCUT2D eigenvalue weighted by molar-refractivity contribution is -0.139. The SMILES string of the molecule is CC(C)c1ccc(OCC(=O)N2CC(n3cc(COc4ccccc4)nn3)C2)cc1. The first kappa shape index (κ1) is 19.9. The third-order valence-electron chi connectivity index (χ3n) is 5.19. The molecule has 1 aromatic heterocycles. The molecule has 1 amide bonds. The molecular weight excluding hydrogens is 380 g/mol. The highest BCUT2D eigenvalue weighted by molar-refractivity contribution is 5.78. The quantitative estimate of drug-likeness (QED) is 0.573. The molecule has 1 aliphatic heterocycles. The third-order valence-corrected chi connectivity index (χ3v) is 5.19. The molecule has 7 heteroatoms. The zero-order chi connectivity index (χ0) is 20.9. The topological polar surface area (TPSA) is 69.5 Å². The first-order chi connectivity index (χ1) is 14.6. The van der Waals surface area contributed by atoms with Crippen molar-refractivity contribution in [3.8, 4) is 11.5 Å². The first-order valence-electron chi connectivity index (χ1n) is 10.2. The number of hydrogen-bond donors (Lipinski definition) is 0. The van der Waals surface area contributed by atoms with Gasteiger partial charge in [0.15, 0.2) is 6.61 Å². The lowest BCUT2D eigenvalue weighted by Gasteiger charge is -2.38. The molecule has 3 aromatic rings. The van der Waals surface area contributed by atoms with Crippen LogP contribution in [-0.4, -0.2) is 45.5 Å². The molecule has 0 aliphatic carbocycles. The molecule has 0 N–H and O–H groups in total. The van der Waals surface area contributed by atoms with Crippen LogP contribution in [0.3, 0.4) is 0 Å². The standard InChI is InChI=1S/C23H26N4O3/c1-17(2)18-8-10-22(11-9-18)30-16-23(28)26-13-20(14-26)27-12-19(24-25-27)15-29-21-6-4-3-5-7-21/h3-12,17,20H,13-16H2,1-2H3. The van der Waals surface area contributed by atoms with Gasteiger partial charge in [-0.3, -0.25) is 4.79 Å². The van der Waals surface area contributed by atoms with E-state index >= 15 is 0 Å². The van der Waals surface area contributed by atoms with Crippen molar-refractivity contribution in [3.05, 3.63) is 72.1 Å². The van der Waals surface area contributed by atoms with E-state index in [1.54, 1.807) is 9.58 Å². The molecule has 0 bridgehead atoms. The van der Waals surface area contributed by atoms with Crippen LogP contribution >= 0.6 is 0 Å². The normalized spacial score (nSPS) is 13.9. The van der Waals surface area contributed by atoms with Crippen LogP contribution in [0.4, 0.5) is 0 Å². The Labute approximate surface area is 176 Å². The number of para-hydroxylation sites is 1. The Morgan fingerprint density at radius 1 is 1.03 bits per heavy atom. The molecule has 1 aliphatic rings. The second-order valence-corrected chi connectivity index (χ2v) is 7.76. The lowest BCUT2D eigenvalue weighted by atomic mass is 10.0. The Hall–Kier alpha value is -3.35. The van der Waals surface area contributed by atoms with Crippen molar-refractivity contribution in [1.82, 2.24) is 19.9 Å². The maximum Gasteiger partial charge on any atom is 0.260 e. The van der Waals surface area contributed by atoms with E-state index in [0.717, 1.165) is 11.4 Å². The maximum atomic E-state index is 12.4. The van der Waals surface area contributed by atoms with Gasteiger partial charge in [-0.05, 0) is 35.7 Å². The smallest absolute Gasteiger partial charge is 0.260 e. The largest absolute Gasteiger partial charge is 0.487 e. The molecule has 0 spiro atoms. The number of ether oxygens (including phenoxy) is 2. The van der Waals surface area contributed by atoms with Gasteiger partial charge in [0, 0.05) is 13.1 Å². The predicted octanol–water partition coefficient (Wildman–Crippen LogP) is 3.44. The van der Waals surface area contributed by atoms with Gasteiger partial charge in [-0.15, -0.1) is 5.10 Å². The monoisotopic (exact) mass is 406 g/mol. The number of nitrogens with zero attached hydrogens (tertiary/aromatic N) is 4. The molecule has 2 aromatic carbocycles. The van der Waals surface area contributed by atoms with E-state index in [1.165, 1.54) is 5.56 Å². The molecule has 1 fully saturated rings. The zero-order valence-electron chi connectivity index (χ0n) is 17.3. The number of likely N-dealkylation sites (tertiary alicyclic amines) is 1. The van der Waals surface area contributed by atoms with Gasteiger partial charge >= 0.3 is 0 Å². The fourth-order valence-electron chi connectivity index (χ4n) is 3.24. The minimum atomic E-state index is -0.0214. The third kappa shape index (κ3) is 4.79. The van der Waals surface area contributed by atoms with E-state index in [1.807, 2.05) is 60.8 Å². The van der Waals surface area contributed by atoms with Gasteiger partial charge in [-0.2, -0.15) is 0 Å². The average molecular weight is 406 g/mol. The lowest BCUT2D eigenvalue weighted by Crippen LogP contribution is -2.52. The Morgan fingerprint density at radius 3 is 2.43 bits per heavy atom. The number of hydrogen-bond acceptors (Lipinski definition) is 5. The Kier molecular flexibility index (Phi) is 5.97. The van der Waals surface area contributed by atoms with Crippen molar-refractivity contribution >= 4 is 5.91 Å². The Bertz CT molecular complexity index is 964. The second-order valence-electron chi connectivity index (χ2n) is 7.76. The van der Waals surface area contributed by atoms with E-state index in [9.17, 15) is 4.79 Å². The maximum absolute atomic E-state index is 12.4. The summed E-state index contributed by atoms with van der Waals surface area (Å²) in [5, 5.41) is 8.34. The molecular formula is C23H26N4O3. The van der Waals surface area contributed by atoms with Crippen molar-refractivity contribution in [1.29, 1.82) is 0 Å². The van der Waals surface area contributed by atoms with Gasteiger partial charge in [-0.1, -0.05) is 49.4 Å². The van der Waals surface area contributed by atoms with Crippen LogP contribution in [0.25, 0.3) is 0 Å². The molecule has 30 heavy (non-hydrogen) atoms. The predicted molar refractivity (Wildman–Crippen MR) is 112 cm³/mol. The molecule has 7 nitrogen and oxygen atoms in total. The molecule has 0 atom stereocenters. The van der Waals surface area contributed by atoms with Gasteiger partial charge in [0.2, 0.25) is 0 Å². The van der Waals surface area contributed by atoms with Crippen LogP contribution < -0.4 is 9.47 Å². The number of benzene rings is 2. The van der Waals surface area contributed by atoms with E-state index in [-0.39, 0.29) is 18.6 Å². The summed E-state index contributed by atoms with van der Waals surface area (Å²) >= 11 is 0. The highest BCUT2D eigenvalue weighted by Crippen LogP contribution is 2.22. The molecule has 2 heterocycles. The highest BCUT2D eigenvalue weighted by atomic mass is 16.5. The van der Waals surface area contributed by atoms with Crippen LogP contribution in [0.2, 0.25) is 0 Å². The minimum Gasteiger partial charge on any atom is -0.487 e. The summed E-state index contributed by atoms with van der Waals surface area (Å²) in [5.41, 5.74) is 2.01. The zero-order valence-corrected chi connectivity index (χ0v) is 17.3. The number of rotatable bonds is 8. The van der Waals surface area contributed by atoms with Crippen LogP contribution in [0.5, 0.6) is 11.5 Å². The summed E-state index contributed by atoms with van der Waals surface area (Å²) in [4.78, 5) is 14.1. The van der Waals surface area contributed by atoms with E-state index in [2.05, 4.69) is 24.2 Å². The van der Waals surface area contributed by atoms with Crippen molar-refractivity contribution in [2.45, 2.75) is 32.4 Å². The number of carbonyl (C=O) groups is 1. The fraction of sp³-hybridized carbons (Fsp3) is 0.348. The van der Waals surface area contributed by atoms with E-state index in [4.69, 9.17) is 9.47 Å². The minimum absolute atomic E-state index is 0.0214. The first-order valence-corrected chi connectivity index (χ1v) is 10.2. The van der Waals surface area contributed by atoms with Crippen LogP contribution in [0.1, 0.15) is 37.1 Å². The van der Waals surface area contributed by atoms with Crippen molar-refractivity contribution in [3.63, 3.8) is 0 Å². The van der Waals surface area contributed by atoms with Crippen LogP contribution in [0.15, 0.2) is 60.8 Å². The van der Waals surface area contributed by atoms with Gasteiger partial charge < -0.3 is 14.4 Å². The van der Waals surface area contributed by atoms with Crippen molar-refractivity contribution in [2.24, 2.45) is 0 Å². The van der Waals surface area contributed by atoms with Crippen molar-refractivity contribution in [2.75, 3.05) is 19.7 Å². The average Bonchev–Trinajstić information content (AvgIpc) is 3.19. The summed E-state index contributed by atoms with van der Waals surface area (Å²) in [6.07, 6.45) is 1.88. The van der Waals surface area contributed by atoms with Crippen molar-refractivity contribution < 1.29 is 14.3 Å². The fourth-order valence-corrected chi connectivity index (χ4v) is 3.24. The van der Waals surface area contributed by atoms with Gasteiger partial charge in [0.05, 0.1) is 12.2 Å². The molecule has 0 saturated carbocycles. The molecule has 0 radical (unpaired) electrons. The molecule has 4 rings (SSSR count). The summed E-state index contributed by atoms with van der Waals surface area (Å²) in [6, 6.07) is 17.6. The number of amides is 1. The van der Waals surface area contributed by atoms with Gasteiger partial charge in [0.25, 0.3) is 5.91 Å². The van der Waals surface area contributed by atoms with Gasteiger partial charge in [0.1, 0.15) is 23.8 Å². The Balaban J connectivity index is 1.21. The number of aromatic nitrogens is 3. The summed E-state index contributed by atoms with van der Waals surface area (Å²) in [6.45, 7) is 5.92. The summed E-state index contributed by atoms with van der Waals surface area (Å²) in [7, 11) is 0. The molecule has 156 valence electrons. The summed E-state index contributed by atoms with van der Waals surface area (Å²) in [5.74, 6) is 1.96. The van der Waals surface area contributed by atoms with Crippen LogP contribution in [0, 0.1) is 0 Å². The van der Waals surface area contributed by atoms with Crippen LogP contribution in [-0.2, 0) is 11.4 Å². The molecule has 0 unspecified atom stereocenters. The Morgan fingerprint density at radius 2 is 1.73 bits per heavy atom. The highest BCUT2D eigenvalue weighted by Gasteiger charge is 2.32. The second kappa shape index (κ2) is 8.98. The van der Waals surface area contributed by atoms with E-state index in [0.29, 0.717) is 31.4 Å².